The quantitative estimate of drug-likeness (QED) is 0.726. The molecule has 0 saturated heterocycles. The molecule has 0 radical (unpaired) electrons. The molecule has 0 bridgehead atoms. The van der Waals surface area contributed by atoms with E-state index in [0.717, 1.165) is 24.3 Å². The first-order valence-electron chi connectivity index (χ1n) is 6.69. The van der Waals surface area contributed by atoms with E-state index >= 15 is 0 Å². The lowest BCUT2D eigenvalue weighted by molar-refractivity contribution is 0.335. The number of nitrogens with zero attached hydrogens (tertiary/aromatic N) is 1. The van der Waals surface area contributed by atoms with Gasteiger partial charge in [0.2, 0.25) is 0 Å². The minimum Gasteiger partial charge on any atom is -0.369 e. The van der Waals surface area contributed by atoms with Gasteiger partial charge >= 0.3 is 0 Å². The van der Waals surface area contributed by atoms with E-state index in [1.54, 1.807) is 6.07 Å². The summed E-state index contributed by atoms with van der Waals surface area (Å²) in [6.45, 7) is 2.28. The van der Waals surface area contributed by atoms with Crippen LogP contribution in [-0.4, -0.2) is 13.1 Å². The summed E-state index contributed by atoms with van der Waals surface area (Å²) < 4.78 is 14.0. The van der Waals surface area contributed by atoms with E-state index in [1.807, 2.05) is 13.1 Å². The lowest BCUT2D eigenvalue weighted by Gasteiger charge is -2.36. The van der Waals surface area contributed by atoms with Crippen molar-refractivity contribution in [2.24, 2.45) is 5.92 Å². The summed E-state index contributed by atoms with van der Waals surface area (Å²) in [7, 11) is 2.00. The minimum atomic E-state index is -0.158. The second-order valence-corrected chi connectivity index (χ2v) is 5.68. The first-order chi connectivity index (χ1) is 8.63. The summed E-state index contributed by atoms with van der Waals surface area (Å²) >= 11 is 5.92. The number of rotatable bonds is 3. The Bertz CT molecular complexity index is 407. The number of alkyl halides is 1. The Morgan fingerprint density at radius 1 is 1.39 bits per heavy atom. The van der Waals surface area contributed by atoms with E-state index in [1.165, 1.54) is 18.9 Å². The molecule has 18 heavy (non-hydrogen) atoms. The van der Waals surface area contributed by atoms with Crippen LogP contribution >= 0.6 is 11.6 Å². The molecule has 100 valence electrons. The Kier molecular flexibility index (Phi) is 4.50. The van der Waals surface area contributed by atoms with Gasteiger partial charge in [-0.1, -0.05) is 31.9 Å². The van der Waals surface area contributed by atoms with Gasteiger partial charge in [-0.25, -0.2) is 4.39 Å². The molecule has 1 aromatic carbocycles. The Hall–Kier alpha value is -0.760. The Morgan fingerprint density at radius 3 is 2.83 bits per heavy atom. The largest absolute Gasteiger partial charge is 0.369 e. The van der Waals surface area contributed by atoms with Gasteiger partial charge in [-0.05, 0) is 30.4 Å². The fourth-order valence-corrected chi connectivity index (χ4v) is 3.21. The van der Waals surface area contributed by atoms with Gasteiger partial charge in [-0.15, -0.1) is 11.6 Å². The van der Waals surface area contributed by atoms with Crippen LogP contribution in [0.2, 0.25) is 0 Å². The van der Waals surface area contributed by atoms with Gasteiger partial charge in [-0.2, -0.15) is 0 Å². The Labute approximate surface area is 114 Å². The maximum atomic E-state index is 14.0. The fourth-order valence-electron chi connectivity index (χ4n) is 3.00. The maximum absolute atomic E-state index is 14.0. The fraction of sp³-hybridized carbons (Fsp3) is 0.600. The van der Waals surface area contributed by atoms with Gasteiger partial charge in [0.05, 0.1) is 5.69 Å². The van der Waals surface area contributed by atoms with Crippen LogP contribution in [0.25, 0.3) is 0 Å². The van der Waals surface area contributed by atoms with Crippen LogP contribution in [0, 0.1) is 11.7 Å². The van der Waals surface area contributed by atoms with Gasteiger partial charge in [0, 0.05) is 19.0 Å². The molecule has 1 aliphatic carbocycles. The SMILES string of the molecule is CC1CCCC(N(C)c2c(F)cccc2CCl)C1. The second-order valence-electron chi connectivity index (χ2n) is 5.42. The van der Waals surface area contributed by atoms with Gasteiger partial charge in [0.15, 0.2) is 0 Å². The average Bonchev–Trinajstić information content (AvgIpc) is 2.37. The van der Waals surface area contributed by atoms with Crippen molar-refractivity contribution in [3.63, 3.8) is 0 Å². The highest BCUT2D eigenvalue weighted by Crippen LogP contribution is 2.33. The predicted molar refractivity (Wildman–Crippen MR) is 75.8 cm³/mol. The molecular weight excluding hydrogens is 249 g/mol. The molecule has 0 spiro atoms. The normalized spacial score (nSPS) is 24.0. The standard InChI is InChI=1S/C15H21ClFN/c1-11-5-3-7-13(9-11)18(2)15-12(10-16)6-4-8-14(15)17/h4,6,8,11,13H,3,5,7,9-10H2,1-2H3. The summed E-state index contributed by atoms with van der Waals surface area (Å²) in [5.74, 6) is 0.936. The minimum absolute atomic E-state index is 0.158. The third-order valence-electron chi connectivity index (χ3n) is 4.02. The van der Waals surface area contributed by atoms with Crippen LogP contribution in [0.1, 0.15) is 38.2 Å². The molecule has 3 heteroatoms. The molecule has 1 saturated carbocycles. The van der Waals surface area contributed by atoms with E-state index in [0.29, 0.717) is 17.6 Å². The Balaban J connectivity index is 2.24. The van der Waals surface area contributed by atoms with Crippen LogP contribution in [0.4, 0.5) is 10.1 Å². The van der Waals surface area contributed by atoms with Gasteiger partial charge in [0.1, 0.15) is 5.82 Å². The molecule has 2 rings (SSSR count). The number of anilines is 1. The zero-order valence-electron chi connectivity index (χ0n) is 11.1. The predicted octanol–water partition coefficient (Wildman–Crippen LogP) is 4.58. The summed E-state index contributed by atoms with van der Waals surface area (Å²) in [5, 5.41) is 0. The molecule has 0 aromatic heterocycles. The van der Waals surface area contributed by atoms with Crippen molar-refractivity contribution in [1.29, 1.82) is 0 Å². The van der Waals surface area contributed by atoms with Crippen molar-refractivity contribution in [3.05, 3.63) is 29.6 Å². The first-order valence-corrected chi connectivity index (χ1v) is 7.23. The van der Waals surface area contributed by atoms with Crippen LogP contribution < -0.4 is 4.90 Å². The van der Waals surface area contributed by atoms with Crippen LogP contribution in [-0.2, 0) is 5.88 Å². The van der Waals surface area contributed by atoms with Gasteiger partial charge in [0.25, 0.3) is 0 Å². The van der Waals surface area contributed by atoms with E-state index in [-0.39, 0.29) is 5.82 Å². The van der Waals surface area contributed by atoms with Crippen LogP contribution in [0.3, 0.4) is 0 Å². The van der Waals surface area contributed by atoms with E-state index in [9.17, 15) is 4.39 Å². The summed E-state index contributed by atoms with van der Waals surface area (Å²) in [6, 6.07) is 5.60. The summed E-state index contributed by atoms with van der Waals surface area (Å²) in [5.41, 5.74) is 1.57. The van der Waals surface area contributed by atoms with Crippen molar-refractivity contribution in [1.82, 2.24) is 0 Å². The van der Waals surface area contributed by atoms with Crippen molar-refractivity contribution < 1.29 is 4.39 Å². The number of hydrogen-bond donors (Lipinski definition) is 0. The highest BCUT2D eigenvalue weighted by molar-refractivity contribution is 6.17. The first kappa shape index (κ1) is 13.7. The molecule has 2 atom stereocenters. The molecule has 0 aliphatic heterocycles. The average molecular weight is 270 g/mol. The smallest absolute Gasteiger partial charge is 0.146 e. The van der Waals surface area contributed by atoms with Gasteiger partial charge in [-0.3, -0.25) is 0 Å². The molecule has 0 amide bonds. The van der Waals surface area contributed by atoms with Crippen molar-refractivity contribution in [2.75, 3.05) is 11.9 Å². The highest BCUT2D eigenvalue weighted by Gasteiger charge is 2.25. The summed E-state index contributed by atoms with van der Waals surface area (Å²) in [6.07, 6.45) is 4.83. The maximum Gasteiger partial charge on any atom is 0.146 e. The molecule has 1 nitrogen and oxygen atoms in total. The van der Waals surface area contributed by atoms with E-state index < -0.39 is 0 Å². The van der Waals surface area contributed by atoms with Crippen molar-refractivity contribution in [2.45, 2.75) is 44.5 Å². The zero-order valence-corrected chi connectivity index (χ0v) is 11.9. The third kappa shape index (κ3) is 2.80. The molecule has 2 unspecified atom stereocenters. The van der Waals surface area contributed by atoms with Gasteiger partial charge < -0.3 is 4.90 Å². The molecular formula is C15H21ClFN. The Morgan fingerprint density at radius 2 is 2.17 bits per heavy atom. The van der Waals surface area contributed by atoms with Crippen LogP contribution in [0.5, 0.6) is 0 Å². The lowest BCUT2D eigenvalue weighted by atomic mass is 9.86. The van der Waals surface area contributed by atoms with Crippen LogP contribution in [0.15, 0.2) is 18.2 Å². The number of hydrogen-bond acceptors (Lipinski definition) is 1. The lowest BCUT2D eigenvalue weighted by Crippen LogP contribution is -2.36. The number of benzene rings is 1. The zero-order chi connectivity index (χ0) is 13.1. The molecule has 0 heterocycles. The molecule has 1 aromatic rings. The number of halogens is 2. The van der Waals surface area contributed by atoms with Crippen molar-refractivity contribution in [3.8, 4) is 0 Å². The molecule has 0 N–H and O–H groups in total. The molecule has 1 aliphatic rings. The topological polar surface area (TPSA) is 3.24 Å². The molecule has 1 fully saturated rings. The number of para-hydroxylation sites is 1. The van der Waals surface area contributed by atoms with Crippen molar-refractivity contribution >= 4 is 17.3 Å². The monoisotopic (exact) mass is 269 g/mol. The third-order valence-corrected chi connectivity index (χ3v) is 4.31. The van der Waals surface area contributed by atoms with E-state index in [4.69, 9.17) is 11.6 Å². The summed E-state index contributed by atoms with van der Waals surface area (Å²) in [4.78, 5) is 2.10. The second kappa shape index (κ2) is 5.92. The highest BCUT2D eigenvalue weighted by atomic mass is 35.5. The van der Waals surface area contributed by atoms with E-state index in [2.05, 4.69) is 11.8 Å².